The predicted octanol–water partition coefficient (Wildman–Crippen LogP) is 2.86. The first-order chi connectivity index (χ1) is 9.86. The molecule has 0 aromatic heterocycles. The van der Waals surface area contributed by atoms with Crippen molar-refractivity contribution in [2.75, 3.05) is 18.8 Å². The number of rotatable bonds is 5. The van der Waals surface area contributed by atoms with Gasteiger partial charge in [0.05, 0.1) is 11.4 Å². The van der Waals surface area contributed by atoms with E-state index in [1.807, 2.05) is 0 Å². The predicted molar refractivity (Wildman–Crippen MR) is 77.2 cm³/mol. The number of sulfonamides is 1. The van der Waals surface area contributed by atoms with Gasteiger partial charge < -0.3 is 4.90 Å². The Bertz CT molecular complexity index is 715. The third-order valence-corrected chi connectivity index (χ3v) is 3.91. The molecule has 0 heterocycles. The van der Waals surface area contributed by atoms with E-state index in [9.17, 15) is 26.4 Å². The summed E-state index contributed by atoms with van der Waals surface area (Å²) in [7, 11) is -2.65. The highest BCUT2D eigenvalue weighted by molar-refractivity contribution is 7.93. The third-order valence-electron chi connectivity index (χ3n) is 2.58. The summed E-state index contributed by atoms with van der Waals surface area (Å²) in [6.07, 6.45) is 0. The molecule has 0 atom stereocenters. The first-order valence-electron chi connectivity index (χ1n) is 5.66. The zero-order valence-corrected chi connectivity index (χ0v) is 13.1. The molecule has 0 aliphatic rings. The van der Waals surface area contributed by atoms with Crippen LogP contribution in [0, 0.1) is 0 Å². The zero-order valence-electron chi connectivity index (χ0n) is 11.5. The molecule has 1 aromatic rings. The SMILES string of the molecule is C=C(C(=O)c1cc(Cl)ccc1NS(=O)(=O)C(F)(F)F)N(C)C. The fraction of sp³-hybridized carbons (Fsp3) is 0.250. The molecule has 0 saturated carbocycles. The Morgan fingerprint density at radius 3 is 2.32 bits per heavy atom. The van der Waals surface area contributed by atoms with Crippen molar-refractivity contribution in [1.29, 1.82) is 0 Å². The van der Waals surface area contributed by atoms with Gasteiger partial charge in [-0.15, -0.1) is 0 Å². The van der Waals surface area contributed by atoms with E-state index in [-0.39, 0.29) is 16.3 Å². The van der Waals surface area contributed by atoms with Crippen molar-refractivity contribution < 1.29 is 26.4 Å². The maximum absolute atomic E-state index is 12.4. The largest absolute Gasteiger partial charge is 0.516 e. The number of likely N-dealkylation sites (N-methyl/N-ethyl adjacent to an activating group) is 1. The summed E-state index contributed by atoms with van der Waals surface area (Å²) in [5.41, 5.74) is -6.42. The molecule has 0 bridgehead atoms. The second kappa shape index (κ2) is 6.17. The van der Waals surface area contributed by atoms with Gasteiger partial charge in [0.25, 0.3) is 0 Å². The Hall–Kier alpha value is -1.74. The molecule has 1 aromatic carbocycles. The number of halogens is 4. The molecule has 0 aliphatic carbocycles. The van der Waals surface area contributed by atoms with Crippen LogP contribution in [0.3, 0.4) is 0 Å². The number of hydrogen-bond acceptors (Lipinski definition) is 4. The Kier molecular flexibility index (Phi) is 5.14. The van der Waals surface area contributed by atoms with E-state index < -0.39 is 27.0 Å². The molecular formula is C12H12ClF3N2O3S. The van der Waals surface area contributed by atoms with Crippen molar-refractivity contribution in [2.24, 2.45) is 0 Å². The molecule has 10 heteroatoms. The van der Waals surface area contributed by atoms with Crippen LogP contribution in [0.1, 0.15) is 10.4 Å². The van der Waals surface area contributed by atoms with Crippen LogP contribution in [-0.2, 0) is 10.0 Å². The number of alkyl halides is 3. The fourth-order valence-electron chi connectivity index (χ4n) is 1.35. The molecule has 0 aliphatic heterocycles. The maximum Gasteiger partial charge on any atom is 0.516 e. The van der Waals surface area contributed by atoms with Gasteiger partial charge in [0, 0.05) is 24.7 Å². The van der Waals surface area contributed by atoms with Crippen molar-refractivity contribution in [3.05, 3.63) is 41.1 Å². The van der Waals surface area contributed by atoms with Crippen molar-refractivity contribution >= 4 is 33.1 Å². The van der Waals surface area contributed by atoms with Gasteiger partial charge in [0.1, 0.15) is 0 Å². The number of nitrogens with one attached hydrogen (secondary N) is 1. The Morgan fingerprint density at radius 1 is 1.32 bits per heavy atom. The number of ketones is 1. The summed E-state index contributed by atoms with van der Waals surface area (Å²) in [5, 5.41) is 0.0601. The number of carbonyl (C=O) groups excluding carboxylic acids is 1. The summed E-state index contributed by atoms with van der Waals surface area (Å²) >= 11 is 5.71. The highest BCUT2D eigenvalue weighted by Gasteiger charge is 2.46. The van der Waals surface area contributed by atoms with Crippen LogP contribution < -0.4 is 4.72 Å². The molecule has 1 N–H and O–H groups in total. The van der Waals surface area contributed by atoms with Gasteiger partial charge in [0.2, 0.25) is 5.78 Å². The molecular weight excluding hydrogens is 345 g/mol. The quantitative estimate of drug-likeness (QED) is 0.650. The number of nitrogens with zero attached hydrogens (tertiary/aromatic N) is 1. The van der Waals surface area contributed by atoms with E-state index in [0.29, 0.717) is 0 Å². The van der Waals surface area contributed by atoms with Gasteiger partial charge >= 0.3 is 15.5 Å². The summed E-state index contributed by atoms with van der Waals surface area (Å²) in [5.74, 6) is -0.757. The smallest absolute Gasteiger partial charge is 0.375 e. The van der Waals surface area contributed by atoms with Gasteiger partial charge in [-0.1, -0.05) is 18.2 Å². The minimum Gasteiger partial charge on any atom is -0.375 e. The van der Waals surface area contributed by atoms with E-state index >= 15 is 0 Å². The lowest BCUT2D eigenvalue weighted by Gasteiger charge is -2.17. The first-order valence-corrected chi connectivity index (χ1v) is 7.52. The molecule has 22 heavy (non-hydrogen) atoms. The van der Waals surface area contributed by atoms with Crippen LogP contribution in [0.2, 0.25) is 5.02 Å². The van der Waals surface area contributed by atoms with Crippen LogP contribution >= 0.6 is 11.6 Å². The Balaban J connectivity index is 3.35. The average Bonchev–Trinajstić information content (AvgIpc) is 2.37. The average molecular weight is 357 g/mol. The molecule has 122 valence electrons. The van der Waals surface area contributed by atoms with Crippen molar-refractivity contribution in [3.63, 3.8) is 0 Å². The van der Waals surface area contributed by atoms with Crippen LogP contribution in [0.4, 0.5) is 18.9 Å². The topological polar surface area (TPSA) is 66.5 Å². The Morgan fingerprint density at radius 2 is 1.86 bits per heavy atom. The highest BCUT2D eigenvalue weighted by atomic mass is 35.5. The number of anilines is 1. The first kappa shape index (κ1) is 18.3. The third kappa shape index (κ3) is 3.92. The summed E-state index contributed by atoms with van der Waals surface area (Å²) in [4.78, 5) is 13.5. The molecule has 0 unspecified atom stereocenters. The van der Waals surface area contributed by atoms with Crippen molar-refractivity contribution in [2.45, 2.75) is 5.51 Å². The van der Waals surface area contributed by atoms with E-state index in [0.717, 1.165) is 18.2 Å². The van der Waals surface area contributed by atoms with Gasteiger partial charge in [-0.2, -0.15) is 21.6 Å². The summed E-state index contributed by atoms with van der Waals surface area (Å²) in [6.45, 7) is 3.48. The number of allylic oxidation sites excluding steroid dienone is 1. The molecule has 0 saturated heterocycles. The molecule has 0 radical (unpaired) electrons. The highest BCUT2D eigenvalue weighted by Crippen LogP contribution is 2.29. The van der Waals surface area contributed by atoms with E-state index in [1.54, 1.807) is 0 Å². The molecule has 0 spiro atoms. The second-order valence-corrected chi connectivity index (χ2v) is 6.52. The molecule has 5 nitrogen and oxygen atoms in total. The van der Waals surface area contributed by atoms with Gasteiger partial charge in [-0.05, 0) is 18.2 Å². The minimum absolute atomic E-state index is 0.0466. The lowest BCUT2D eigenvalue weighted by atomic mass is 10.1. The van der Waals surface area contributed by atoms with Crippen LogP contribution in [-0.4, -0.2) is 38.7 Å². The lowest BCUT2D eigenvalue weighted by Crippen LogP contribution is -2.31. The standard InChI is InChI=1S/C12H12ClF3N2O3S/c1-7(18(2)3)11(19)9-6-8(13)4-5-10(9)17-22(20,21)12(14,15)16/h4-6,17H,1H2,2-3H3. The minimum atomic E-state index is -5.65. The van der Waals surface area contributed by atoms with Gasteiger partial charge in [0.15, 0.2) is 0 Å². The molecule has 0 fully saturated rings. The van der Waals surface area contributed by atoms with Gasteiger partial charge in [-0.3, -0.25) is 9.52 Å². The van der Waals surface area contributed by atoms with Crippen LogP contribution in [0.5, 0.6) is 0 Å². The normalized spacial score (nSPS) is 11.9. The molecule has 0 amide bonds. The van der Waals surface area contributed by atoms with E-state index in [4.69, 9.17) is 11.6 Å². The van der Waals surface area contributed by atoms with Crippen molar-refractivity contribution in [3.8, 4) is 0 Å². The van der Waals surface area contributed by atoms with Crippen LogP contribution in [0.25, 0.3) is 0 Å². The summed E-state index contributed by atoms with van der Waals surface area (Å²) in [6, 6.07) is 3.19. The number of carbonyl (C=O) groups is 1. The summed E-state index contributed by atoms with van der Waals surface area (Å²) < 4.78 is 61.0. The maximum atomic E-state index is 12.4. The fourth-order valence-corrected chi connectivity index (χ4v) is 2.11. The molecule has 1 rings (SSSR count). The zero-order chi connectivity index (χ0) is 17.3. The second-order valence-electron chi connectivity index (χ2n) is 4.41. The number of benzene rings is 1. The van der Waals surface area contributed by atoms with Gasteiger partial charge in [-0.25, -0.2) is 0 Å². The van der Waals surface area contributed by atoms with Crippen LogP contribution in [0.15, 0.2) is 30.5 Å². The monoisotopic (exact) mass is 356 g/mol. The van der Waals surface area contributed by atoms with E-state index in [1.165, 1.54) is 23.7 Å². The lowest BCUT2D eigenvalue weighted by molar-refractivity contribution is -0.0429. The van der Waals surface area contributed by atoms with Crippen molar-refractivity contribution in [1.82, 2.24) is 4.90 Å². The number of hydrogen-bond donors (Lipinski definition) is 1. The number of Topliss-reactive ketones (excluding diaryl/α,β-unsaturated/α-hetero) is 1. The van der Waals surface area contributed by atoms with E-state index in [2.05, 4.69) is 6.58 Å². The Labute approximate surface area is 130 Å².